The second-order valence-corrected chi connectivity index (χ2v) is 5.97. The number of carbonyl (C=O) groups is 1. The van der Waals surface area contributed by atoms with E-state index < -0.39 is 5.91 Å². The number of amides is 1. The molecule has 29 heavy (non-hydrogen) atoms. The van der Waals surface area contributed by atoms with E-state index in [9.17, 15) is 10.1 Å². The lowest BCUT2D eigenvalue weighted by molar-refractivity contribution is 0.102. The Bertz CT molecular complexity index is 1040. The van der Waals surface area contributed by atoms with Crippen LogP contribution in [0.2, 0.25) is 0 Å². The minimum atomic E-state index is -0.437. The Morgan fingerprint density at radius 1 is 1.03 bits per heavy atom. The third-order valence-electron chi connectivity index (χ3n) is 4.04. The summed E-state index contributed by atoms with van der Waals surface area (Å²) in [6.45, 7) is 2.15. The summed E-state index contributed by atoms with van der Waals surface area (Å²) in [6.07, 6.45) is 0. The molecule has 3 aromatic rings. The Hall–Kier alpha value is -3.98. The normalized spacial score (nSPS) is 9.97. The van der Waals surface area contributed by atoms with Crippen molar-refractivity contribution in [1.29, 1.82) is 5.26 Å². The molecule has 3 rings (SSSR count). The number of nitrogens with one attached hydrogen (secondary N) is 1. The molecule has 0 aliphatic carbocycles. The molecule has 1 amide bonds. The van der Waals surface area contributed by atoms with Crippen molar-refractivity contribution in [3.05, 3.63) is 77.9 Å². The maximum Gasteiger partial charge on any atom is 0.259 e. The summed E-state index contributed by atoms with van der Waals surface area (Å²) in [7, 11) is 1.46. The van der Waals surface area contributed by atoms with Gasteiger partial charge in [-0.3, -0.25) is 4.79 Å². The van der Waals surface area contributed by atoms with E-state index in [2.05, 4.69) is 5.32 Å². The lowest BCUT2D eigenvalue weighted by atomic mass is 10.1. The number of hydrogen-bond acceptors (Lipinski definition) is 5. The average Bonchev–Trinajstić information content (AvgIpc) is 2.76. The van der Waals surface area contributed by atoms with Crippen molar-refractivity contribution in [2.75, 3.05) is 19.0 Å². The van der Waals surface area contributed by atoms with E-state index in [1.54, 1.807) is 18.2 Å². The van der Waals surface area contributed by atoms with Gasteiger partial charge in [0, 0.05) is 6.07 Å². The third-order valence-corrected chi connectivity index (χ3v) is 4.04. The molecule has 0 spiro atoms. The van der Waals surface area contributed by atoms with Crippen LogP contribution in [0.3, 0.4) is 0 Å². The van der Waals surface area contributed by atoms with E-state index in [4.69, 9.17) is 14.2 Å². The van der Waals surface area contributed by atoms with Gasteiger partial charge in [-0.2, -0.15) is 5.26 Å². The molecule has 146 valence electrons. The molecule has 6 nitrogen and oxygen atoms in total. The van der Waals surface area contributed by atoms with Crippen LogP contribution in [0.4, 0.5) is 5.69 Å². The van der Waals surface area contributed by atoms with Gasteiger partial charge in [-0.15, -0.1) is 0 Å². The van der Waals surface area contributed by atoms with Gasteiger partial charge in [0.2, 0.25) is 0 Å². The standard InChI is InChI=1S/C23H20N2O4/c1-3-28-22-18(13-16(15-24)14-21(22)27-2)23(26)25-19-11-7-8-12-20(19)29-17-9-5-4-6-10-17/h4-14H,3H2,1-2H3,(H,25,26). The third kappa shape index (κ3) is 4.66. The van der Waals surface area contributed by atoms with E-state index in [0.29, 0.717) is 35.1 Å². The average molecular weight is 388 g/mol. The quantitative estimate of drug-likeness (QED) is 0.615. The van der Waals surface area contributed by atoms with Crippen molar-refractivity contribution in [2.45, 2.75) is 6.92 Å². The topological polar surface area (TPSA) is 80.6 Å². The summed E-state index contributed by atoms with van der Waals surface area (Å²) in [5.41, 5.74) is 0.992. The van der Waals surface area contributed by atoms with Crippen LogP contribution in [0, 0.1) is 11.3 Å². The molecule has 0 aliphatic rings. The summed E-state index contributed by atoms with van der Waals surface area (Å²) in [6, 6.07) is 21.4. The minimum absolute atomic E-state index is 0.206. The number of carbonyl (C=O) groups excluding carboxylic acids is 1. The van der Waals surface area contributed by atoms with Gasteiger partial charge in [0.1, 0.15) is 5.75 Å². The maximum absolute atomic E-state index is 13.0. The first kappa shape index (κ1) is 19.8. The van der Waals surface area contributed by atoms with Gasteiger partial charge in [0.25, 0.3) is 5.91 Å². The van der Waals surface area contributed by atoms with Crippen LogP contribution in [-0.2, 0) is 0 Å². The summed E-state index contributed by atoms with van der Waals surface area (Å²) in [5.74, 6) is 1.32. The molecule has 0 saturated carbocycles. The van der Waals surface area contributed by atoms with Gasteiger partial charge in [-0.05, 0) is 37.3 Å². The van der Waals surface area contributed by atoms with E-state index >= 15 is 0 Å². The largest absolute Gasteiger partial charge is 0.493 e. The van der Waals surface area contributed by atoms with Gasteiger partial charge in [0.05, 0.1) is 36.6 Å². The first-order valence-electron chi connectivity index (χ1n) is 9.04. The zero-order chi connectivity index (χ0) is 20.6. The zero-order valence-electron chi connectivity index (χ0n) is 16.1. The van der Waals surface area contributed by atoms with Gasteiger partial charge in [-0.1, -0.05) is 30.3 Å². The summed E-state index contributed by atoms with van der Waals surface area (Å²) < 4.78 is 16.8. The van der Waals surface area contributed by atoms with Crippen molar-refractivity contribution >= 4 is 11.6 Å². The van der Waals surface area contributed by atoms with Crippen LogP contribution < -0.4 is 19.5 Å². The number of benzene rings is 3. The molecule has 3 aromatic carbocycles. The fraction of sp³-hybridized carbons (Fsp3) is 0.130. The van der Waals surface area contributed by atoms with Crippen molar-refractivity contribution in [1.82, 2.24) is 0 Å². The van der Waals surface area contributed by atoms with Crippen LogP contribution in [-0.4, -0.2) is 19.6 Å². The number of nitriles is 1. The number of para-hydroxylation sites is 3. The second kappa shape index (κ2) is 9.29. The van der Waals surface area contributed by atoms with Crippen LogP contribution in [0.1, 0.15) is 22.8 Å². The van der Waals surface area contributed by atoms with E-state index in [0.717, 1.165) is 0 Å². The molecule has 0 heterocycles. The Kier molecular flexibility index (Phi) is 6.33. The highest BCUT2D eigenvalue weighted by Gasteiger charge is 2.20. The van der Waals surface area contributed by atoms with E-state index in [-0.39, 0.29) is 11.3 Å². The van der Waals surface area contributed by atoms with Crippen molar-refractivity contribution in [2.24, 2.45) is 0 Å². The zero-order valence-corrected chi connectivity index (χ0v) is 16.1. The first-order chi connectivity index (χ1) is 14.2. The maximum atomic E-state index is 13.0. The van der Waals surface area contributed by atoms with Gasteiger partial charge < -0.3 is 19.5 Å². The van der Waals surface area contributed by atoms with Crippen molar-refractivity contribution in [3.8, 4) is 29.1 Å². The van der Waals surface area contributed by atoms with E-state index in [1.165, 1.54) is 19.2 Å². The van der Waals surface area contributed by atoms with Crippen molar-refractivity contribution < 1.29 is 19.0 Å². The Labute approximate surface area is 169 Å². The van der Waals surface area contributed by atoms with Crippen LogP contribution in [0.15, 0.2) is 66.7 Å². The molecular formula is C23H20N2O4. The molecule has 0 aromatic heterocycles. The summed E-state index contributed by atoms with van der Waals surface area (Å²) in [4.78, 5) is 13.0. The predicted octanol–water partition coefficient (Wildman–Crippen LogP) is 5.01. The molecule has 0 unspecified atom stereocenters. The monoisotopic (exact) mass is 388 g/mol. The van der Waals surface area contributed by atoms with Gasteiger partial charge in [0.15, 0.2) is 17.2 Å². The second-order valence-electron chi connectivity index (χ2n) is 5.97. The van der Waals surface area contributed by atoms with Gasteiger partial charge in [-0.25, -0.2) is 0 Å². The molecule has 0 bridgehead atoms. The van der Waals surface area contributed by atoms with Crippen molar-refractivity contribution in [3.63, 3.8) is 0 Å². The van der Waals surface area contributed by atoms with Crippen LogP contribution in [0.25, 0.3) is 0 Å². The molecule has 0 fully saturated rings. The lowest BCUT2D eigenvalue weighted by Gasteiger charge is -2.16. The molecule has 0 atom stereocenters. The number of ether oxygens (including phenoxy) is 3. The molecule has 6 heteroatoms. The highest BCUT2D eigenvalue weighted by molar-refractivity contribution is 6.07. The SMILES string of the molecule is CCOc1c(OC)cc(C#N)cc1C(=O)Nc1ccccc1Oc1ccccc1. The van der Waals surface area contributed by atoms with Crippen LogP contribution >= 0.6 is 0 Å². The highest BCUT2D eigenvalue weighted by atomic mass is 16.5. The lowest BCUT2D eigenvalue weighted by Crippen LogP contribution is -2.15. The molecule has 0 aliphatic heterocycles. The Morgan fingerprint density at radius 3 is 2.45 bits per heavy atom. The highest BCUT2D eigenvalue weighted by Crippen LogP contribution is 2.35. The van der Waals surface area contributed by atoms with E-state index in [1.807, 2.05) is 49.4 Å². The summed E-state index contributed by atoms with van der Waals surface area (Å²) in [5, 5.41) is 12.1. The fourth-order valence-corrected chi connectivity index (χ4v) is 2.74. The Balaban J connectivity index is 1.94. The number of rotatable bonds is 7. The first-order valence-corrected chi connectivity index (χ1v) is 9.04. The minimum Gasteiger partial charge on any atom is -0.493 e. The number of methoxy groups -OCH3 is 1. The smallest absolute Gasteiger partial charge is 0.259 e. The van der Waals surface area contributed by atoms with Gasteiger partial charge >= 0.3 is 0 Å². The van der Waals surface area contributed by atoms with Crippen LogP contribution in [0.5, 0.6) is 23.0 Å². The number of nitrogens with zero attached hydrogens (tertiary/aromatic N) is 1. The number of anilines is 1. The molecule has 0 saturated heterocycles. The molecule has 0 radical (unpaired) electrons. The molecular weight excluding hydrogens is 368 g/mol. The predicted molar refractivity (Wildman–Crippen MR) is 110 cm³/mol. The Morgan fingerprint density at radius 2 is 1.76 bits per heavy atom. The fourth-order valence-electron chi connectivity index (χ4n) is 2.74. The number of hydrogen-bond donors (Lipinski definition) is 1. The summed E-state index contributed by atoms with van der Waals surface area (Å²) >= 11 is 0. The molecule has 1 N–H and O–H groups in total.